The summed E-state index contributed by atoms with van der Waals surface area (Å²) in [4.78, 5) is 15.2. The molecule has 0 aliphatic rings. The zero-order chi connectivity index (χ0) is 13.1. The van der Waals surface area contributed by atoms with Crippen LogP contribution in [0.15, 0.2) is 24.4 Å². The minimum Gasteiger partial charge on any atom is -0.349 e. The molecule has 0 fully saturated rings. The third-order valence-electron chi connectivity index (χ3n) is 2.22. The van der Waals surface area contributed by atoms with Gasteiger partial charge in [-0.25, -0.2) is 0 Å². The standard InChI is InChI=1S/C10H12F3N3O/c1-9(14,10(11,12)13)8(17)16-6-7-4-2-3-5-15-7/h2-5H,6,14H2,1H3,(H,16,17). The molecule has 0 spiro atoms. The van der Waals surface area contributed by atoms with E-state index in [1.807, 2.05) is 0 Å². The van der Waals surface area contributed by atoms with Crippen LogP contribution in [0.3, 0.4) is 0 Å². The fourth-order valence-corrected chi connectivity index (χ4v) is 0.986. The Labute approximate surface area is 96.0 Å². The number of carbonyl (C=O) groups is 1. The lowest BCUT2D eigenvalue weighted by atomic mass is 10.0. The number of nitrogens with two attached hydrogens (primary N) is 1. The van der Waals surface area contributed by atoms with Gasteiger partial charge >= 0.3 is 6.18 Å². The van der Waals surface area contributed by atoms with Crippen LogP contribution in [0.25, 0.3) is 0 Å². The van der Waals surface area contributed by atoms with Crippen LogP contribution in [0.2, 0.25) is 0 Å². The Kier molecular flexibility index (Phi) is 3.72. The summed E-state index contributed by atoms with van der Waals surface area (Å²) in [6.07, 6.45) is -3.31. The molecule has 1 rings (SSSR count). The van der Waals surface area contributed by atoms with Gasteiger partial charge in [-0.1, -0.05) is 6.07 Å². The number of halogens is 3. The molecule has 1 amide bonds. The maximum Gasteiger partial charge on any atom is 0.415 e. The SMILES string of the molecule is CC(N)(C(=O)NCc1ccccn1)C(F)(F)F. The monoisotopic (exact) mass is 247 g/mol. The molecular weight excluding hydrogens is 235 g/mol. The van der Waals surface area contributed by atoms with Crippen LogP contribution in [0.5, 0.6) is 0 Å². The van der Waals surface area contributed by atoms with Gasteiger partial charge in [0, 0.05) is 6.20 Å². The van der Waals surface area contributed by atoms with Crippen LogP contribution in [-0.4, -0.2) is 22.6 Å². The number of pyridine rings is 1. The number of alkyl halides is 3. The average molecular weight is 247 g/mol. The van der Waals surface area contributed by atoms with Crippen molar-refractivity contribution in [2.75, 3.05) is 0 Å². The minimum absolute atomic E-state index is 0.0947. The number of nitrogens with zero attached hydrogens (tertiary/aromatic N) is 1. The van der Waals surface area contributed by atoms with Crippen molar-refractivity contribution in [2.24, 2.45) is 5.73 Å². The zero-order valence-electron chi connectivity index (χ0n) is 9.08. The quantitative estimate of drug-likeness (QED) is 0.836. The van der Waals surface area contributed by atoms with Gasteiger partial charge in [-0.15, -0.1) is 0 Å². The van der Waals surface area contributed by atoms with Crippen LogP contribution < -0.4 is 11.1 Å². The largest absolute Gasteiger partial charge is 0.415 e. The van der Waals surface area contributed by atoms with Crippen molar-refractivity contribution in [1.29, 1.82) is 0 Å². The molecule has 3 N–H and O–H groups in total. The van der Waals surface area contributed by atoms with Gasteiger partial charge in [0.05, 0.1) is 12.2 Å². The molecule has 0 aromatic carbocycles. The number of hydrogen-bond donors (Lipinski definition) is 2. The van der Waals surface area contributed by atoms with Gasteiger partial charge in [-0.2, -0.15) is 13.2 Å². The first kappa shape index (κ1) is 13.4. The van der Waals surface area contributed by atoms with Gasteiger partial charge in [-0.05, 0) is 19.1 Å². The predicted molar refractivity (Wildman–Crippen MR) is 54.7 cm³/mol. The lowest BCUT2D eigenvalue weighted by Crippen LogP contribution is -2.61. The zero-order valence-corrected chi connectivity index (χ0v) is 9.08. The van der Waals surface area contributed by atoms with E-state index in [2.05, 4.69) is 10.3 Å². The summed E-state index contributed by atoms with van der Waals surface area (Å²) in [5, 5.41) is 2.10. The summed E-state index contributed by atoms with van der Waals surface area (Å²) in [6, 6.07) is 4.91. The summed E-state index contributed by atoms with van der Waals surface area (Å²) in [5.74, 6) is -1.28. The van der Waals surface area contributed by atoms with Gasteiger partial charge in [-0.3, -0.25) is 9.78 Å². The lowest BCUT2D eigenvalue weighted by molar-refractivity contribution is -0.187. The molecule has 0 radical (unpaired) electrons. The Morgan fingerprint density at radius 2 is 2.12 bits per heavy atom. The predicted octanol–water partition coefficient (Wildman–Crippen LogP) is 0.977. The average Bonchev–Trinajstić information content (AvgIpc) is 2.25. The number of amides is 1. The third kappa shape index (κ3) is 3.16. The Bertz CT molecular complexity index is 390. The van der Waals surface area contributed by atoms with Gasteiger partial charge < -0.3 is 11.1 Å². The highest BCUT2D eigenvalue weighted by Gasteiger charge is 2.53. The third-order valence-corrected chi connectivity index (χ3v) is 2.22. The second kappa shape index (κ2) is 4.70. The van der Waals surface area contributed by atoms with E-state index < -0.39 is 17.6 Å². The Hall–Kier alpha value is -1.63. The molecule has 1 unspecified atom stereocenters. The Morgan fingerprint density at radius 1 is 1.47 bits per heavy atom. The van der Waals surface area contributed by atoms with Crippen molar-refractivity contribution in [3.05, 3.63) is 30.1 Å². The maximum atomic E-state index is 12.4. The topological polar surface area (TPSA) is 68.0 Å². The second-order valence-electron chi connectivity index (χ2n) is 3.70. The first-order valence-corrected chi connectivity index (χ1v) is 4.79. The van der Waals surface area contributed by atoms with Crippen molar-refractivity contribution in [2.45, 2.75) is 25.2 Å². The molecule has 0 bridgehead atoms. The Balaban J connectivity index is 2.62. The highest BCUT2D eigenvalue weighted by atomic mass is 19.4. The van der Waals surface area contributed by atoms with Crippen LogP contribution in [-0.2, 0) is 11.3 Å². The number of aromatic nitrogens is 1. The number of rotatable bonds is 3. The summed E-state index contributed by atoms with van der Waals surface area (Å²) in [7, 11) is 0. The van der Waals surface area contributed by atoms with E-state index in [1.54, 1.807) is 18.2 Å². The van der Waals surface area contributed by atoms with E-state index >= 15 is 0 Å². The van der Waals surface area contributed by atoms with Crippen LogP contribution in [0, 0.1) is 0 Å². The van der Waals surface area contributed by atoms with Crippen LogP contribution >= 0.6 is 0 Å². The van der Waals surface area contributed by atoms with Crippen molar-refractivity contribution < 1.29 is 18.0 Å². The second-order valence-corrected chi connectivity index (χ2v) is 3.70. The summed E-state index contributed by atoms with van der Waals surface area (Å²) < 4.78 is 37.2. The normalized spacial score (nSPS) is 15.1. The molecule has 0 saturated carbocycles. The van der Waals surface area contributed by atoms with Gasteiger partial charge in [0.1, 0.15) is 0 Å². The number of nitrogens with one attached hydrogen (secondary N) is 1. The van der Waals surface area contributed by atoms with E-state index in [0.717, 1.165) is 0 Å². The summed E-state index contributed by atoms with van der Waals surface area (Å²) >= 11 is 0. The molecule has 17 heavy (non-hydrogen) atoms. The van der Waals surface area contributed by atoms with Crippen molar-refractivity contribution in [3.8, 4) is 0 Å². The van der Waals surface area contributed by atoms with Crippen LogP contribution in [0.1, 0.15) is 12.6 Å². The van der Waals surface area contributed by atoms with Crippen molar-refractivity contribution in [1.82, 2.24) is 10.3 Å². The molecule has 1 atom stereocenters. The molecule has 94 valence electrons. The molecule has 7 heteroatoms. The highest BCUT2D eigenvalue weighted by molar-refractivity contribution is 5.86. The maximum absolute atomic E-state index is 12.4. The molecular formula is C10H12F3N3O. The van der Waals surface area contributed by atoms with E-state index in [0.29, 0.717) is 12.6 Å². The lowest BCUT2D eigenvalue weighted by Gasteiger charge is -2.25. The highest BCUT2D eigenvalue weighted by Crippen LogP contribution is 2.27. The summed E-state index contributed by atoms with van der Waals surface area (Å²) in [6.45, 7) is 0.531. The molecule has 1 aromatic rings. The molecule has 1 heterocycles. The summed E-state index contributed by atoms with van der Waals surface area (Å²) in [5.41, 5.74) is 2.50. The van der Waals surface area contributed by atoms with Crippen molar-refractivity contribution >= 4 is 5.91 Å². The van der Waals surface area contributed by atoms with E-state index in [4.69, 9.17) is 5.73 Å². The van der Waals surface area contributed by atoms with E-state index in [9.17, 15) is 18.0 Å². The van der Waals surface area contributed by atoms with Gasteiger partial charge in [0.2, 0.25) is 5.91 Å². The molecule has 0 aliphatic carbocycles. The van der Waals surface area contributed by atoms with Gasteiger partial charge in [0.15, 0.2) is 5.54 Å². The fraction of sp³-hybridized carbons (Fsp3) is 0.400. The van der Waals surface area contributed by atoms with E-state index in [1.165, 1.54) is 6.20 Å². The molecule has 4 nitrogen and oxygen atoms in total. The Morgan fingerprint density at radius 3 is 2.59 bits per heavy atom. The minimum atomic E-state index is -4.79. The van der Waals surface area contributed by atoms with Crippen molar-refractivity contribution in [3.63, 3.8) is 0 Å². The smallest absolute Gasteiger partial charge is 0.349 e. The van der Waals surface area contributed by atoms with Gasteiger partial charge in [0.25, 0.3) is 0 Å². The van der Waals surface area contributed by atoms with Crippen LogP contribution in [0.4, 0.5) is 13.2 Å². The number of carbonyl (C=O) groups excluding carboxylic acids is 1. The van der Waals surface area contributed by atoms with E-state index in [-0.39, 0.29) is 6.54 Å². The first-order chi connectivity index (χ1) is 7.75. The molecule has 0 aliphatic heterocycles. The fourth-order valence-electron chi connectivity index (χ4n) is 0.986. The molecule has 0 saturated heterocycles. The first-order valence-electron chi connectivity index (χ1n) is 4.79. The molecule has 1 aromatic heterocycles. The number of hydrogen-bond acceptors (Lipinski definition) is 3.